The van der Waals surface area contributed by atoms with E-state index < -0.39 is 0 Å². The second-order valence-corrected chi connectivity index (χ2v) is 8.84. The predicted octanol–water partition coefficient (Wildman–Crippen LogP) is 5.45. The lowest BCUT2D eigenvalue weighted by Crippen LogP contribution is -2.39. The van der Waals surface area contributed by atoms with Crippen LogP contribution in [0, 0.1) is 6.92 Å². The average Bonchev–Trinajstić information content (AvgIpc) is 3.38. The van der Waals surface area contributed by atoms with Crippen molar-refractivity contribution in [2.45, 2.75) is 32.2 Å². The second kappa shape index (κ2) is 9.91. The maximum Gasteiger partial charge on any atom is 0.253 e. The molecule has 5 rings (SSSR count). The lowest BCUT2D eigenvalue weighted by molar-refractivity contribution is 0.0705. The molecule has 3 heterocycles. The molecule has 2 aromatic carbocycles. The Morgan fingerprint density at radius 2 is 1.94 bits per heavy atom. The van der Waals surface area contributed by atoms with Crippen LogP contribution in [0.3, 0.4) is 0 Å². The van der Waals surface area contributed by atoms with E-state index in [1.54, 1.807) is 12.5 Å². The van der Waals surface area contributed by atoms with Crippen LogP contribution < -0.4 is 4.74 Å². The van der Waals surface area contributed by atoms with E-state index in [0.717, 1.165) is 42.0 Å². The highest BCUT2D eigenvalue weighted by Gasteiger charge is 2.26. The van der Waals surface area contributed by atoms with Crippen molar-refractivity contribution in [2.24, 2.45) is 0 Å². The lowest BCUT2D eigenvalue weighted by Gasteiger charge is -2.32. The molecule has 34 heavy (non-hydrogen) atoms. The van der Waals surface area contributed by atoms with Crippen molar-refractivity contribution in [3.8, 4) is 11.6 Å². The van der Waals surface area contributed by atoms with Gasteiger partial charge < -0.3 is 14.2 Å². The molecular weight excluding hydrogens is 424 g/mol. The summed E-state index contributed by atoms with van der Waals surface area (Å²) < 4.78 is 7.96. The van der Waals surface area contributed by atoms with Gasteiger partial charge in [0.25, 0.3) is 5.91 Å². The van der Waals surface area contributed by atoms with Crippen molar-refractivity contribution in [1.29, 1.82) is 0 Å². The van der Waals surface area contributed by atoms with Crippen LogP contribution in [0.25, 0.3) is 0 Å². The number of aromatic nitrogens is 3. The summed E-state index contributed by atoms with van der Waals surface area (Å²) in [5.74, 6) is 1.61. The van der Waals surface area contributed by atoms with Crippen LogP contribution in [0.1, 0.15) is 45.9 Å². The van der Waals surface area contributed by atoms with Gasteiger partial charge in [0.05, 0.1) is 6.33 Å². The molecule has 6 nitrogen and oxygen atoms in total. The molecule has 6 heteroatoms. The fourth-order valence-corrected chi connectivity index (χ4v) is 4.42. The van der Waals surface area contributed by atoms with Crippen molar-refractivity contribution in [3.05, 3.63) is 108 Å². The van der Waals surface area contributed by atoms with Crippen LogP contribution in [-0.4, -0.2) is 38.4 Å². The minimum absolute atomic E-state index is 0.0734. The van der Waals surface area contributed by atoms with Gasteiger partial charge in [-0.2, -0.15) is 0 Å². The Morgan fingerprint density at radius 1 is 1.09 bits per heavy atom. The number of carbonyl (C=O) groups excluding carboxylic acids is 1. The maximum absolute atomic E-state index is 13.3. The number of pyridine rings is 1. The number of aryl methyl sites for hydroxylation is 1. The van der Waals surface area contributed by atoms with Crippen LogP contribution in [0.4, 0.5) is 0 Å². The molecule has 1 aliphatic heterocycles. The van der Waals surface area contributed by atoms with E-state index in [2.05, 4.69) is 11.9 Å². The van der Waals surface area contributed by atoms with E-state index in [9.17, 15) is 4.79 Å². The SMILES string of the molecule is Cc1ccc(Oc2cccc([C@@H]3CCCN(C(=O)c4cccc(Cn5ccnc5)c4)C3)n2)cc1. The van der Waals surface area contributed by atoms with Crippen LogP contribution in [-0.2, 0) is 6.54 Å². The average molecular weight is 453 g/mol. The number of ether oxygens (including phenoxy) is 1. The highest BCUT2D eigenvalue weighted by atomic mass is 16.5. The molecule has 1 saturated heterocycles. The first kappa shape index (κ1) is 21.9. The number of carbonyl (C=O) groups is 1. The van der Waals surface area contributed by atoms with E-state index >= 15 is 0 Å². The molecule has 1 aliphatic rings. The summed E-state index contributed by atoms with van der Waals surface area (Å²) in [5, 5.41) is 0. The number of imidazole rings is 1. The molecule has 4 aromatic rings. The van der Waals surface area contributed by atoms with Crippen LogP contribution in [0.2, 0.25) is 0 Å². The third kappa shape index (κ3) is 5.17. The van der Waals surface area contributed by atoms with Gasteiger partial charge in [-0.15, -0.1) is 0 Å². The normalized spacial score (nSPS) is 15.8. The molecular formula is C28H28N4O2. The number of benzene rings is 2. The monoisotopic (exact) mass is 452 g/mol. The molecule has 0 unspecified atom stereocenters. The molecule has 0 bridgehead atoms. The first-order chi connectivity index (χ1) is 16.6. The summed E-state index contributed by atoms with van der Waals surface area (Å²) >= 11 is 0. The first-order valence-corrected chi connectivity index (χ1v) is 11.7. The molecule has 2 aromatic heterocycles. The van der Waals surface area contributed by atoms with Gasteiger partial charge in [-0.25, -0.2) is 9.97 Å². The Labute approximate surface area is 199 Å². The van der Waals surface area contributed by atoms with Crippen molar-refractivity contribution in [1.82, 2.24) is 19.4 Å². The van der Waals surface area contributed by atoms with Crippen LogP contribution in [0.15, 0.2) is 85.5 Å². The Kier molecular flexibility index (Phi) is 6.38. The third-order valence-corrected chi connectivity index (χ3v) is 6.21. The van der Waals surface area contributed by atoms with E-state index in [4.69, 9.17) is 9.72 Å². The van der Waals surface area contributed by atoms with Gasteiger partial charge in [-0.05, 0) is 55.7 Å². The number of rotatable bonds is 6. The fourth-order valence-electron chi connectivity index (χ4n) is 4.42. The van der Waals surface area contributed by atoms with E-state index in [1.807, 2.05) is 82.4 Å². The van der Waals surface area contributed by atoms with Gasteiger partial charge in [-0.1, -0.05) is 35.9 Å². The van der Waals surface area contributed by atoms with E-state index in [-0.39, 0.29) is 11.8 Å². The summed E-state index contributed by atoms with van der Waals surface area (Å²) in [6.07, 6.45) is 7.43. The van der Waals surface area contributed by atoms with Crippen molar-refractivity contribution in [2.75, 3.05) is 13.1 Å². The van der Waals surface area contributed by atoms with Crippen molar-refractivity contribution >= 4 is 5.91 Å². The third-order valence-electron chi connectivity index (χ3n) is 6.21. The molecule has 1 amide bonds. The molecule has 1 fully saturated rings. The minimum Gasteiger partial charge on any atom is -0.439 e. The topological polar surface area (TPSA) is 60.2 Å². The molecule has 0 aliphatic carbocycles. The molecule has 0 N–H and O–H groups in total. The van der Waals surface area contributed by atoms with Gasteiger partial charge in [-0.3, -0.25) is 4.79 Å². The standard InChI is InChI=1S/C28H28N4O2/c1-21-10-12-25(13-11-21)34-27-9-3-8-26(30-27)24-7-4-15-32(19-24)28(33)23-6-2-5-22(17-23)18-31-16-14-29-20-31/h2-3,5-6,8-14,16-17,20,24H,4,7,15,18-19H2,1H3/t24-/m1/s1. The van der Waals surface area contributed by atoms with Gasteiger partial charge >= 0.3 is 0 Å². The predicted molar refractivity (Wildman–Crippen MR) is 131 cm³/mol. The van der Waals surface area contributed by atoms with E-state index in [1.165, 1.54) is 5.56 Å². The zero-order chi connectivity index (χ0) is 23.3. The summed E-state index contributed by atoms with van der Waals surface area (Å²) in [6.45, 7) is 4.17. The number of likely N-dealkylation sites (tertiary alicyclic amines) is 1. The Hall–Kier alpha value is -3.93. The Bertz CT molecular complexity index is 1250. The van der Waals surface area contributed by atoms with Crippen molar-refractivity contribution in [3.63, 3.8) is 0 Å². The summed E-state index contributed by atoms with van der Waals surface area (Å²) in [6, 6.07) is 21.7. The smallest absolute Gasteiger partial charge is 0.253 e. The zero-order valence-corrected chi connectivity index (χ0v) is 19.3. The van der Waals surface area contributed by atoms with Crippen molar-refractivity contribution < 1.29 is 9.53 Å². The fraction of sp³-hybridized carbons (Fsp3) is 0.250. The van der Waals surface area contributed by atoms with Gasteiger partial charge in [0, 0.05) is 55.3 Å². The summed E-state index contributed by atoms with van der Waals surface area (Å²) in [5.41, 5.74) is 3.96. The van der Waals surface area contributed by atoms with Gasteiger partial charge in [0.1, 0.15) is 5.75 Å². The zero-order valence-electron chi connectivity index (χ0n) is 19.3. The summed E-state index contributed by atoms with van der Waals surface area (Å²) in [4.78, 5) is 24.1. The number of amides is 1. The highest BCUT2D eigenvalue weighted by molar-refractivity contribution is 5.94. The molecule has 172 valence electrons. The largest absolute Gasteiger partial charge is 0.439 e. The molecule has 0 saturated carbocycles. The van der Waals surface area contributed by atoms with E-state index in [0.29, 0.717) is 19.0 Å². The number of hydrogen-bond donors (Lipinski definition) is 0. The second-order valence-electron chi connectivity index (χ2n) is 8.84. The first-order valence-electron chi connectivity index (χ1n) is 11.7. The Morgan fingerprint density at radius 3 is 2.76 bits per heavy atom. The van der Waals surface area contributed by atoms with Gasteiger partial charge in [0.2, 0.25) is 5.88 Å². The molecule has 0 spiro atoms. The number of piperidine rings is 1. The number of hydrogen-bond acceptors (Lipinski definition) is 4. The van der Waals surface area contributed by atoms with Crippen LogP contribution in [0.5, 0.6) is 11.6 Å². The highest BCUT2D eigenvalue weighted by Crippen LogP contribution is 2.29. The van der Waals surface area contributed by atoms with Crippen LogP contribution >= 0.6 is 0 Å². The molecule has 0 radical (unpaired) electrons. The quantitative estimate of drug-likeness (QED) is 0.390. The Balaban J connectivity index is 1.27. The minimum atomic E-state index is 0.0734. The maximum atomic E-state index is 13.3. The summed E-state index contributed by atoms with van der Waals surface area (Å²) in [7, 11) is 0. The lowest BCUT2D eigenvalue weighted by atomic mass is 9.93. The molecule has 1 atom stereocenters. The van der Waals surface area contributed by atoms with Gasteiger partial charge in [0.15, 0.2) is 0 Å². The number of nitrogens with zero attached hydrogens (tertiary/aromatic N) is 4.